The fraction of sp³-hybridized carbons (Fsp3) is 0.143. The largest absolute Gasteiger partial charge is 0.328 e. The standard InChI is InChI=1S/C14H14N2O3/c1-16(19-2)14(18)11-5-3-10(4-6-11)12-7-8-13(17)15-9-12/h3-9H,1-2H3,(H,15,17). The Hall–Kier alpha value is -2.40. The third-order valence-electron chi connectivity index (χ3n) is 2.81. The van der Waals surface area contributed by atoms with E-state index in [2.05, 4.69) is 4.98 Å². The lowest BCUT2D eigenvalue weighted by molar-refractivity contribution is -0.0756. The molecule has 0 aliphatic carbocycles. The highest BCUT2D eigenvalue weighted by molar-refractivity contribution is 5.93. The van der Waals surface area contributed by atoms with Crippen molar-refractivity contribution in [2.75, 3.05) is 14.2 Å². The van der Waals surface area contributed by atoms with Crippen LogP contribution in [-0.4, -0.2) is 30.1 Å². The van der Waals surface area contributed by atoms with Crippen LogP contribution in [0, 0.1) is 0 Å². The maximum atomic E-state index is 11.8. The number of H-pyrrole nitrogens is 1. The molecular formula is C14H14N2O3. The summed E-state index contributed by atoms with van der Waals surface area (Å²) in [6.45, 7) is 0. The highest BCUT2D eigenvalue weighted by Crippen LogP contribution is 2.18. The average Bonchev–Trinajstić information content (AvgIpc) is 2.46. The summed E-state index contributed by atoms with van der Waals surface area (Å²) < 4.78 is 0. The van der Waals surface area contributed by atoms with E-state index in [1.165, 1.54) is 13.2 Å². The van der Waals surface area contributed by atoms with Gasteiger partial charge in [0.15, 0.2) is 0 Å². The average molecular weight is 258 g/mol. The quantitative estimate of drug-likeness (QED) is 0.852. The van der Waals surface area contributed by atoms with Crippen LogP contribution in [0.4, 0.5) is 0 Å². The minimum atomic E-state index is -0.212. The molecule has 19 heavy (non-hydrogen) atoms. The molecular weight excluding hydrogens is 244 g/mol. The molecule has 1 N–H and O–H groups in total. The zero-order valence-corrected chi connectivity index (χ0v) is 10.7. The lowest BCUT2D eigenvalue weighted by Crippen LogP contribution is -2.25. The van der Waals surface area contributed by atoms with E-state index >= 15 is 0 Å². The van der Waals surface area contributed by atoms with Gasteiger partial charge in [0.2, 0.25) is 5.56 Å². The van der Waals surface area contributed by atoms with Gasteiger partial charge in [0, 0.05) is 24.9 Å². The molecule has 1 aromatic carbocycles. The molecule has 0 bridgehead atoms. The van der Waals surface area contributed by atoms with Crippen LogP contribution in [0.1, 0.15) is 10.4 Å². The van der Waals surface area contributed by atoms with Crippen molar-refractivity contribution in [1.82, 2.24) is 10.0 Å². The molecule has 5 heteroatoms. The number of hydroxylamine groups is 2. The summed E-state index contributed by atoms with van der Waals surface area (Å²) in [7, 11) is 2.99. The zero-order chi connectivity index (χ0) is 13.8. The Labute approximate surface area is 110 Å². The number of pyridine rings is 1. The maximum absolute atomic E-state index is 11.8. The van der Waals surface area contributed by atoms with Crippen molar-refractivity contribution >= 4 is 5.91 Å². The summed E-state index contributed by atoms with van der Waals surface area (Å²) in [5.74, 6) is -0.212. The first-order chi connectivity index (χ1) is 9.11. The first kappa shape index (κ1) is 13.0. The SMILES string of the molecule is CON(C)C(=O)c1ccc(-c2ccc(=O)[nH]c2)cc1. The van der Waals surface area contributed by atoms with E-state index in [0.29, 0.717) is 5.56 Å². The van der Waals surface area contributed by atoms with Gasteiger partial charge >= 0.3 is 0 Å². The van der Waals surface area contributed by atoms with Crippen LogP contribution < -0.4 is 5.56 Å². The molecule has 0 aliphatic rings. The number of hydrogen-bond acceptors (Lipinski definition) is 3. The molecule has 5 nitrogen and oxygen atoms in total. The van der Waals surface area contributed by atoms with E-state index in [9.17, 15) is 9.59 Å². The molecule has 2 aromatic rings. The molecule has 1 amide bonds. The second-order valence-electron chi connectivity index (χ2n) is 4.00. The van der Waals surface area contributed by atoms with Crippen LogP contribution >= 0.6 is 0 Å². The van der Waals surface area contributed by atoms with Gasteiger partial charge in [-0.1, -0.05) is 12.1 Å². The van der Waals surface area contributed by atoms with Gasteiger partial charge in [-0.15, -0.1) is 0 Å². The molecule has 0 spiro atoms. The number of rotatable bonds is 3. The summed E-state index contributed by atoms with van der Waals surface area (Å²) in [6, 6.07) is 10.3. The number of aromatic nitrogens is 1. The van der Waals surface area contributed by atoms with Crippen molar-refractivity contribution in [2.45, 2.75) is 0 Å². The van der Waals surface area contributed by atoms with Crippen molar-refractivity contribution in [3.05, 3.63) is 58.5 Å². The molecule has 1 heterocycles. The Morgan fingerprint density at radius 1 is 1.11 bits per heavy atom. The fourth-order valence-electron chi connectivity index (χ4n) is 1.66. The lowest BCUT2D eigenvalue weighted by atomic mass is 10.1. The van der Waals surface area contributed by atoms with Gasteiger partial charge in [-0.3, -0.25) is 14.4 Å². The summed E-state index contributed by atoms with van der Waals surface area (Å²) in [5, 5.41) is 1.16. The van der Waals surface area contributed by atoms with Gasteiger partial charge < -0.3 is 4.98 Å². The first-order valence-corrected chi connectivity index (χ1v) is 5.73. The third kappa shape index (κ3) is 2.89. The summed E-state index contributed by atoms with van der Waals surface area (Å²) in [6.07, 6.45) is 1.64. The van der Waals surface area contributed by atoms with E-state index in [-0.39, 0.29) is 11.5 Å². The molecule has 0 saturated heterocycles. The van der Waals surface area contributed by atoms with Gasteiger partial charge in [-0.05, 0) is 29.3 Å². The highest BCUT2D eigenvalue weighted by Gasteiger charge is 2.10. The van der Waals surface area contributed by atoms with E-state index in [0.717, 1.165) is 16.2 Å². The molecule has 0 aliphatic heterocycles. The molecule has 2 rings (SSSR count). The summed E-state index contributed by atoms with van der Waals surface area (Å²) >= 11 is 0. The van der Waals surface area contributed by atoms with Crippen molar-refractivity contribution in [2.24, 2.45) is 0 Å². The van der Waals surface area contributed by atoms with Crippen LogP contribution in [-0.2, 0) is 4.84 Å². The molecule has 0 atom stereocenters. The minimum Gasteiger partial charge on any atom is -0.328 e. The zero-order valence-electron chi connectivity index (χ0n) is 10.7. The molecule has 0 fully saturated rings. The van der Waals surface area contributed by atoms with E-state index < -0.39 is 0 Å². The number of hydrogen-bond donors (Lipinski definition) is 1. The van der Waals surface area contributed by atoms with Gasteiger partial charge in [0.05, 0.1) is 7.11 Å². The Bertz CT molecular complexity index is 611. The molecule has 98 valence electrons. The Balaban J connectivity index is 2.26. The van der Waals surface area contributed by atoms with Crippen molar-refractivity contribution in [3.63, 3.8) is 0 Å². The van der Waals surface area contributed by atoms with E-state index in [1.807, 2.05) is 12.1 Å². The maximum Gasteiger partial charge on any atom is 0.277 e. The van der Waals surface area contributed by atoms with Gasteiger partial charge in [-0.25, -0.2) is 5.06 Å². The van der Waals surface area contributed by atoms with Crippen molar-refractivity contribution in [3.8, 4) is 11.1 Å². The van der Waals surface area contributed by atoms with Gasteiger partial charge in [0.25, 0.3) is 5.91 Å². The van der Waals surface area contributed by atoms with Gasteiger partial charge in [0.1, 0.15) is 0 Å². The topological polar surface area (TPSA) is 62.4 Å². The normalized spacial score (nSPS) is 10.2. The second kappa shape index (κ2) is 5.49. The summed E-state index contributed by atoms with van der Waals surface area (Å²) in [4.78, 5) is 30.3. The fourth-order valence-corrected chi connectivity index (χ4v) is 1.66. The number of nitrogens with one attached hydrogen (secondary N) is 1. The number of carbonyl (C=O) groups excluding carboxylic acids is 1. The van der Waals surface area contributed by atoms with Crippen LogP contribution in [0.3, 0.4) is 0 Å². The van der Waals surface area contributed by atoms with E-state index in [4.69, 9.17) is 4.84 Å². The smallest absolute Gasteiger partial charge is 0.277 e. The highest BCUT2D eigenvalue weighted by atomic mass is 16.7. The predicted molar refractivity (Wildman–Crippen MR) is 71.6 cm³/mol. The number of nitrogens with zero attached hydrogens (tertiary/aromatic N) is 1. The monoisotopic (exact) mass is 258 g/mol. The Kier molecular flexibility index (Phi) is 3.77. The molecule has 0 saturated carbocycles. The lowest BCUT2D eigenvalue weighted by Gasteiger charge is -2.13. The number of carbonyl (C=O) groups is 1. The first-order valence-electron chi connectivity index (χ1n) is 5.73. The van der Waals surface area contributed by atoms with Crippen LogP contribution in [0.2, 0.25) is 0 Å². The Morgan fingerprint density at radius 3 is 2.26 bits per heavy atom. The molecule has 0 radical (unpaired) electrons. The number of amides is 1. The second-order valence-corrected chi connectivity index (χ2v) is 4.00. The van der Waals surface area contributed by atoms with Crippen LogP contribution in [0.25, 0.3) is 11.1 Å². The number of benzene rings is 1. The van der Waals surface area contributed by atoms with Crippen LogP contribution in [0.5, 0.6) is 0 Å². The van der Waals surface area contributed by atoms with Crippen LogP contribution in [0.15, 0.2) is 47.4 Å². The Morgan fingerprint density at radius 2 is 1.74 bits per heavy atom. The predicted octanol–water partition coefficient (Wildman–Crippen LogP) is 1.68. The van der Waals surface area contributed by atoms with E-state index in [1.54, 1.807) is 31.4 Å². The third-order valence-corrected chi connectivity index (χ3v) is 2.81. The minimum absolute atomic E-state index is 0.141. The number of aromatic amines is 1. The van der Waals surface area contributed by atoms with Crippen molar-refractivity contribution in [1.29, 1.82) is 0 Å². The van der Waals surface area contributed by atoms with Gasteiger partial charge in [-0.2, -0.15) is 0 Å². The molecule has 1 aromatic heterocycles. The molecule has 0 unspecified atom stereocenters. The van der Waals surface area contributed by atoms with Crippen molar-refractivity contribution < 1.29 is 9.63 Å². The summed E-state index contributed by atoms with van der Waals surface area (Å²) in [5.41, 5.74) is 2.21.